The topological polar surface area (TPSA) is 41.5 Å². The van der Waals surface area contributed by atoms with Crippen LogP contribution >= 0.6 is 0 Å². The summed E-state index contributed by atoms with van der Waals surface area (Å²) in [5.74, 6) is 1.46. The highest BCUT2D eigenvalue weighted by Crippen LogP contribution is 2.37. The Hall–Kier alpha value is -1.06. The summed E-state index contributed by atoms with van der Waals surface area (Å²) in [6.45, 7) is 6.19. The lowest BCUT2D eigenvalue weighted by molar-refractivity contribution is 0.110. The normalized spacial score (nSPS) is 25.2. The maximum absolute atomic E-state index is 9.86. The fourth-order valence-corrected chi connectivity index (χ4v) is 3.46. The van der Waals surface area contributed by atoms with Crippen molar-refractivity contribution in [3.05, 3.63) is 29.8 Å². The minimum atomic E-state index is -0.0774. The van der Waals surface area contributed by atoms with Crippen molar-refractivity contribution in [1.29, 1.82) is 0 Å². The highest BCUT2D eigenvalue weighted by molar-refractivity contribution is 5.27. The summed E-state index contributed by atoms with van der Waals surface area (Å²) < 4.78 is 5.88. The first kappa shape index (κ1) is 16.3. The number of aliphatic hydroxyl groups is 1. The van der Waals surface area contributed by atoms with Gasteiger partial charge in [-0.1, -0.05) is 25.5 Å². The molecule has 1 aliphatic carbocycles. The second-order valence-electron chi connectivity index (χ2n) is 6.28. The van der Waals surface area contributed by atoms with Crippen molar-refractivity contribution < 1.29 is 9.84 Å². The number of benzene rings is 1. The molecule has 0 radical (unpaired) electrons. The summed E-state index contributed by atoms with van der Waals surface area (Å²) >= 11 is 0. The Bertz CT molecular complexity index is 435. The summed E-state index contributed by atoms with van der Waals surface area (Å²) in [7, 11) is 0. The molecular weight excluding hydrogens is 262 g/mol. The lowest BCUT2D eigenvalue weighted by Crippen LogP contribution is -2.52. The van der Waals surface area contributed by atoms with E-state index >= 15 is 0 Å². The average molecular weight is 291 g/mol. The molecule has 0 amide bonds. The lowest BCUT2D eigenvalue weighted by Gasteiger charge is -2.35. The van der Waals surface area contributed by atoms with E-state index in [9.17, 15) is 5.11 Å². The first-order chi connectivity index (χ1) is 10.2. The highest BCUT2D eigenvalue weighted by Gasteiger charge is 2.41. The fraction of sp³-hybridized carbons (Fsp3) is 0.667. The van der Waals surface area contributed by atoms with Crippen LogP contribution < -0.4 is 10.1 Å². The molecule has 2 rings (SSSR count). The first-order valence-electron chi connectivity index (χ1n) is 8.25. The molecular formula is C18H29NO2. The van der Waals surface area contributed by atoms with Crippen molar-refractivity contribution in [2.24, 2.45) is 5.92 Å². The maximum Gasteiger partial charge on any atom is 0.119 e. The van der Waals surface area contributed by atoms with Gasteiger partial charge in [-0.25, -0.2) is 0 Å². The molecule has 2 N–H and O–H groups in total. The maximum atomic E-state index is 9.86. The van der Waals surface area contributed by atoms with Gasteiger partial charge in [0.15, 0.2) is 0 Å². The van der Waals surface area contributed by atoms with E-state index in [0.29, 0.717) is 5.92 Å². The number of hydrogen-bond acceptors (Lipinski definition) is 3. The fourth-order valence-electron chi connectivity index (χ4n) is 3.46. The van der Waals surface area contributed by atoms with Gasteiger partial charge in [-0.3, -0.25) is 0 Å². The molecule has 3 heteroatoms. The molecule has 2 atom stereocenters. The Morgan fingerprint density at radius 1 is 1.43 bits per heavy atom. The Morgan fingerprint density at radius 2 is 2.29 bits per heavy atom. The predicted molar refractivity (Wildman–Crippen MR) is 86.7 cm³/mol. The minimum absolute atomic E-state index is 0.0774. The minimum Gasteiger partial charge on any atom is -0.494 e. The van der Waals surface area contributed by atoms with E-state index in [2.05, 4.69) is 31.3 Å². The molecule has 0 aromatic heterocycles. The van der Waals surface area contributed by atoms with Crippen LogP contribution in [0.3, 0.4) is 0 Å². The molecule has 118 valence electrons. The summed E-state index contributed by atoms with van der Waals surface area (Å²) in [6.07, 6.45) is 5.58. The largest absolute Gasteiger partial charge is 0.494 e. The second kappa shape index (κ2) is 7.81. The summed E-state index contributed by atoms with van der Waals surface area (Å²) in [4.78, 5) is 0. The van der Waals surface area contributed by atoms with Crippen LogP contribution in [-0.4, -0.2) is 30.4 Å². The Balaban J connectivity index is 1.86. The van der Waals surface area contributed by atoms with Gasteiger partial charge in [-0.2, -0.15) is 0 Å². The van der Waals surface area contributed by atoms with E-state index in [1.165, 1.54) is 18.4 Å². The number of rotatable bonds is 8. The van der Waals surface area contributed by atoms with Crippen LogP contribution in [0.15, 0.2) is 24.3 Å². The molecule has 1 saturated carbocycles. The van der Waals surface area contributed by atoms with Gasteiger partial charge in [-0.05, 0) is 62.8 Å². The van der Waals surface area contributed by atoms with Gasteiger partial charge < -0.3 is 15.2 Å². The number of aryl methyl sites for hydroxylation is 1. The highest BCUT2D eigenvalue weighted by atomic mass is 16.5. The molecule has 1 fully saturated rings. The van der Waals surface area contributed by atoms with Crippen molar-refractivity contribution in [3.8, 4) is 5.75 Å². The Morgan fingerprint density at radius 3 is 3.00 bits per heavy atom. The van der Waals surface area contributed by atoms with E-state index < -0.39 is 0 Å². The standard InChI is InChI=1S/C18H29NO2/c1-3-11-19-18(14-20)10-5-7-16(18)9-12-21-17-8-4-6-15(2)13-17/h4,6,8,13,16,19-20H,3,5,7,9-12,14H2,1-2H3. The van der Waals surface area contributed by atoms with Gasteiger partial charge in [0.1, 0.15) is 5.75 Å². The third-order valence-electron chi connectivity index (χ3n) is 4.69. The van der Waals surface area contributed by atoms with E-state index in [-0.39, 0.29) is 12.1 Å². The molecule has 0 saturated heterocycles. The number of ether oxygens (including phenoxy) is 1. The van der Waals surface area contributed by atoms with Gasteiger partial charge in [0.05, 0.1) is 13.2 Å². The molecule has 0 heterocycles. The van der Waals surface area contributed by atoms with E-state index in [4.69, 9.17) is 4.74 Å². The van der Waals surface area contributed by atoms with E-state index in [0.717, 1.165) is 38.2 Å². The van der Waals surface area contributed by atoms with Gasteiger partial charge in [-0.15, -0.1) is 0 Å². The molecule has 1 aromatic carbocycles. The zero-order valence-corrected chi connectivity index (χ0v) is 13.4. The van der Waals surface area contributed by atoms with Crippen LogP contribution in [0.1, 0.15) is 44.6 Å². The smallest absolute Gasteiger partial charge is 0.119 e. The van der Waals surface area contributed by atoms with Crippen LogP contribution in [0.5, 0.6) is 5.75 Å². The van der Waals surface area contributed by atoms with Crippen molar-refractivity contribution in [2.45, 2.75) is 51.5 Å². The van der Waals surface area contributed by atoms with Crippen molar-refractivity contribution in [3.63, 3.8) is 0 Å². The predicted octanol–water partition coefficient (Wildman–Crippen LogP) is 3.29. The number of nitrogens with one attached hydrogen (secondary N) is 1. The molecule has 0 spiro atoms. The van der Waals surface area contributed by atoms with Gasteiger partial charge in [0.2, 0.25) is 0 Å². The zero-order valence-electron chi connectivity index (χ0n) is 13.4. The second-order valence-corrected chi connectivity index (χ2v) is 6.28. The summed E-state index contributed by atoms with van der Waals surface area (Å²) in [5, 5.41) is 13.5. The molecule has 2 unspecified atom stereocenters. The van der Waals surface area contributed by atoms with Crippen molar-refractivity contribution in [1.82, 2.24) is 5.32 Å². The molecule has 21 heavy (non-hydrogen) atoms. The lowest BCUT2D eigenvalue weighted by atomic mass is 9.85. The Labute approximate surface area is 128 Å². The van der Waals surface area contributed by atoms with Crippen LogP contribution in [0.4, 0.5) is 0 Å². The van der Waals surface area contributed by atoms with Crippen LogP contribution in [0.2, 0.25) is 0 Å². The third-order valence-corrected chi connectivity index (χ3v) is 4.69. The third kappa shape index (κ3) is 4.21. The summed E-state index contributed by atoms with van der Waals surface area (Å²) in [6, 6.07) is 8.19. The zero-order chi connectivity index (χ0) is 15.1. The summed E-state index contributed by atoms with van der Waals surface area (Å²) in [5.41, 5.74) is 1.15. The van der Waals surface area contributed by atoms with Crippen LogP contribution in [0.25, 0.3) is 0 Å². The average Bonchev–Trinajstić information content (AvgIpc) is 2.89. The Kier molecular flexibility index (Phi) is 6.07. The van der Waals surface area contributed by atoms with E-state index in [1.807, 2.05) is 12.1 Å². The molecule has 3 nitrogen and oxygen atoms in total. The molecule has 0 aliphatic heterocycles. The SMILES string of the molecule is CCCNC1(CO)CCCC1CCOc1cccc(C)c1. The van der Waals surface area contributed by atoms with Gasteiger partial charge in [0, 0.05) is 5.54 Å². The molecule has 1 aromatic rings. The van der Waals surface area contributed by atoms with E-state index in [1.54, 1.807) is 0 Å². The monoisotopic (exact) mass is 291 g/mol. The van der Waals surface area contributed by atoms with Crippen LogP contribution in [0, 0.1) is 12.8 Å². The van der Waals surface area contributed by atoms with Gasteiger partial charge in [0.25, 0.3) is 0 Å². The first-order valence-corrected chi connectivity index (χ1v) is 8.25. The molecule has 0 bridgehead atoms. The number of aliphatic hydroxyl groups excluding tert-OH is 1. The molecule has 1 aliphatic rings. The van der Waals surface area contributed by atoms with Crippen LogP contribution in [-0.2, 0) is 0 Å². The quantitative estimate of drug-likeness (QED) is 0.772. The number of hydrogen-bond donors (Lipinski definition) is 2. The van der Waals surface area contributed by atoms with Gasteiger partial charge >= 0.3 is 0 Å². The van der Waals surface area contributed by atoms with Crippen molar-refractivity contribution >= 4 is 0 Å². The van der Waals surface area contributed by atoms with Crippen molar-refractivity contribution in [2.75, 3.05) is 19.8 Å².